The van der Waals surface area contributed by atoms with Crippen molar-refractivity contribution in [1.29, 1.82) is 0 Å². The van der Waals surface area contributed by atoms with Gasteiger partial charge in [0.2, 0.25) is 0 Å². The van der Waals surface area contributed by atoms with Crippen LogP contribution in [0.15, 0.2) is 0 Å². The third-order valence-corrected chi connectivity index (χ3v) is 0.524. The molecular weight excluding hydrogens is 111 g/mol. The smallest absolute Gasteiger partial charge is 1.00 e. The second kappa shape index (κ2) is 5.67. The van der Waals surface area contributed by atoms with Crippen LogP contribution in [0, 0.1) is 0 Å². The maximum atomic E-state index is 9.35. The second-order valence-electron chi connectivity index (χ2n) is 0.598. The maximum absolute atomic E-state index is 9.35. The molecule has 0 aromatic rings. The van der Waals surface area contributed by atoms with Crippen molar-refractivity contribution < 1.29 is 12.8 Å². The van der Waals surface area contributed by atoms with Crippen LogP contribution in [-0.2, 0) is 4.79 Å². The minimum absolute atomic E-state index is 0. The number of hydrogen-bond donors (Lipinski definition) is 1. The van der Waals surface area contributed by atoms with Gasteiger partial charge in [-0.25, -0.2) is 0 Å². The predicted octanol–water partition coefficient (Wildman–Crippen LogP) is -0.210. The molecule has 0 fully saturated rings. The van der Waals surface area contributed by atoms with E-state index >= 15 is 0 Å². The van der Waals surface area contributed by atoms with E-state index in [0.717, 1.165) is 0 Å². The first-order valence-electron chi connectivity index (χ1n) is 1.19. The van der Waals surface area contributed by atoms with E-state index in [4.69, 9.17) is 5.11 Å². The maximum Gasteiger partial charge on any atom is 2.00 e. The molecule has 0 aromatic heterocycles. The molecule has 0 aliphatic carbocycles. The summed E-state index contributed by atoms with van der Waals surface area (Å²) >= 11 is 0. The molecule has 1 atom stereocenters. The molecule has 0 aliphatic heterocycles. The van der Waals surface area contributed by atoms with Gasteiger partial charge in [0.05, 0.1) is 6.16 Å². The van der Waals surface area contributed by atoms with Crippen LogP contribution in [0.4, 0.5) is 0 Å². The van der Waals surface area contributed by atoms with Crippen molar-refractivity contribution in [3.63, 3.8) is 0 Å². The van der Waals surface area contributed by atoms with E-state index in [9.17, 15) is 4.79 Å². The standard InChI is InChI=1S/C2H5O2P.Mg.2H/c3-2(4)1-5;;;/h1,5H2,(H,3,4);;;/q;+2;2*-1. The van der Waals surface area contributed by atoms with Gasteiger partial charge < -0.3 is 7.96 Å². The fourth-order valence-electron chi connectivity index (χ4n) is 0. The predicted molar refractivity (Wildman–Crippen MR) is 30.2 cm³/mol. The summed E-state index contributed by atoms with van der Waals surface area (Å²) in [5.74, 6) is -0.782. The molecule has 0 saturated heterocycles. The molecule has 0 spiro atoms. The largest absolute Gasteiger partial charge is 2.00 e. The van der Waals surface area contributed by atoms with Crippen molar-refractivity contribution in [1.82, 2.24) is 0 Å². The Morgan fingerprint density at radius 3 is 2.17 bits per heavy atom. The molecular formula is C2H7MgO2P. The molecule has 0 aliphatic rings. The normalized spacial score (nSPS) is 6.17. The van der Waals surface area contributed by atoms with E-state index in [1.807, 2.05) is 0 Å². The molecule has 0 bridgehead atoms. The van der Waals surface area contributed by atoms with E-state index in [2.05, 4.69) is 9.24 Å². The van der Waals surface area contributed by atoms with Crippen molar-refractivity contribution in [2.75, 3.05) is 6.16 Å². The van der Waals surface area contributed by atoms with Gasteiger partial charge in [0.1, 0.15) is 0 Å². The number of rotatable bonds is 1. The van der Waals surface area contributed by atoms with Crippen molar-refractivity contribution in [2.45, 2.75) is 0 Å². The van der Waals surface area contributed by atoms with Gasteiger partial charge >= 0.3 is 29.0 Å². The molecule has 0 heterocycles. The van der Waals surface area contributed by atoms with Gasteiger partial charge in [-0.15, -0.1) is 9.24 Å². The van der Waals surface area contributed by atoms with Crippen molar-refractivity contribution >= 4 is 38.3 Å². The molecule has 34 valence electrons. The number of hydrogen-bond acceptors (Lipinski definition) is 1. The summed E-state index contributed by atoms with van der Waals surface area (Å²) in [4.78, 5) is 9.35. The number of aliphatic carboxylic acids is 1. The van der Waals surface area contributed by atoms with Gasteiger partial charge in [-0.3, -0.25) is 4.79 Å². The Morgan fingerprint density at radius 2 is 2.17 bits per heavy atom. The van der Waals surface area contributed by atoms with Gasteiger partial charge in [-0.2, -0.15) is 0 Å². The van der Waals surface area contributed by atoms with Gasteiger partial charge in [-0.05, 0) is 0 Å². The second-order valence-corrected chi connectivity index (χ2v) is 1.01. The van der Waals surface area contributed by atoms with E-state index in [1.54, 1.807) is 0 Å². The third kappa shape index (κ3) is 8.82. The first-order chi connectivity index (χ1) is 2.27. The topological polar surface area (TPSA) is 37.3 Å². The Morgan fingerprint density at radius 1 is 2.00 bits per heavy atom. The van der Waals surface area contributed by atoms with Gasteiger partial charge in [0.25, 0.3) is 0 Å². The van der Waals surface area contributed by atoms with Crippen molar-refractivity contribution in [3.8, 4) is 0 Å². The quantitative estimate of drug-likeness (QED) is 0.382. The Hall–Kier alpha value is 0.666. The first kappa shape index (κ1) is 9.83. The molecule has 0 radical (unpaired) electrons. The molecule has 2 nitrogen and oxygen atoms in total. The molecule has 4 heteroatoms. The SMILES string of the molecule is O=C(O)CP.[H-].[H-].[Mg+2]. The van der Waals surface area contributed by atoms with E-state index in [1.165, 1.54) is 0 Å². The van der Waals surface area contributed by atoms with Crippen LogP contribution in [0.2, 0.25) is 0 Å². The Balaban J connectivity index is -0.0000000267. The van der Waals surface area contributed by atoms with Crippen molar-refractivity contribution in [2.24, 2.45) is 0 Å². The molecule has 0 aromatic carbocycles. The van der Waals surface area contributed by atoms with E-state index < -0.39 is 5.97 Å². The van der Waals surface area contributed by atoms with E-state index in [-0.39, 0.29) is 32.1 Å². The molecule has 1 unspecified atom stereocenters. The monoisotopic (exact) mass is 118 g/mol. The average Bonchev–Trinajstić information content (AvgIpc) is 1.38. The van der Waals surface area contributed by atoms with Crippen LogP contribution in [0.1, 0.15) is 2.85 Å². The number of carboxylic acid groups (broad SMARTS) is 1. The molecule has 1 N–H and O–H groups in total. The summed E-state index contributed by atoms with van der Waals surface area (Å²) in [5.41, 5.74) is 0. The minimum Gasteiger partial charge on any atom is -1.00 e. The summed E-state index contributed by atoms with van der Waals surface area (Å²) in [6, 6.07) is 0. The van der Waals surface area contributed by atoms with Gasteiger partial charge in [-0.1, -0.05) is 0 Å². The molecule has 0 amide bonds. The first-order valence-corrected chi connectivity index (χ1v) is 2.01. The summed E-state index contributed by atoms with van der Waals surface area (Å²) in [6.07, 6.45) is 0.139. The molecule has 0 rings (SSSR count). The molecule has 6 heavy (non-hydrogen) atoms. The van der Waals surface area contributed by atoms with E-state index in [0.29, 0.717) is 0 Å². The molecule has 0 saturated carbocycles. The Bertz CT molecular complexity index is 53.3. The van der Waals surface area contributed by atoms with Gasteiger partial charge in [0, 0.05) is 0 Å². The zero-order valence-electron chi connectivity index (χ0n) is 5.35. The summed E-state index contributed by atoms with van der Waals surface area (Å²) in [5, 5.41) is 7.70. The van der Waals surface area contributed by atoms with Crippen LogP contribution in [0.25, 0.3) is 0 Å². The third-order valence-electron chi connectivity index (χ3n) is 0.175. The zero-order chi connectivity index (χ0) is 4.28. The Labute approximate surface area is 57.6 Å². The van der Waals surface area contributed by atoms with Crippen molar-refractivity contribution in [3.05, 3.63) is 0 Å². The van der Waals surface area contributed by atoms with Crippen LogP contribution >= 0.6 is 9.24 Å². The fourth-order valence-corrected chi connectivity index (χ4v) is 0. The van der Waals surface area contributed by atoms with Crippen LogP contribution in [0.5, 0.6) is 0 Å². The average molecular weight is 118 g/mol. The number of carboxylic acids is 1. The summed E-state index contributed by atoms with van der Waals surface area (Å²) < 4.78 is 0. The summed E-state index contributed by atoms with van der Waals surface area (Å²) in [7, 11) is 2.09. The van der Waals surface area contributed by atoms with Crippen LogP contribution in [-0.4, -0.2) is 40.3 Å². The summed E-state index contributed by atoms with van der Waals surface area (Å²) in [6.45, 7) is 0. The minimum atomic E-state index is -0.782. The Kier molecular flexibility index (Phi) is 9.28. The van der Waals surface area contributed by atoms with Crippen LogP contribution in [0.3, 0.4) is 0 Å². The zero-order valence-corrected chi connectivity index (χ0v) is 5.92. The fraction of sp³-hybridized carbons (Fsp3) is 0.500. The van der Waals surface area contributed by atoms with Gasteiger partial charge in [0.15, 0.2) is 0 Å². The number of carbonyl (C=O) groups is 1. The van der Waals surface area contributed by atoms with Crippen LogP contribution < -0.4 is 0 Å².